The molecule has 0 aliphatic carbocycles. The minimum atomic E-state index is 0. The molecule has 26 heavy (non-hydrogen) atoms. The number of aryl methyl sites for hydroxylation is 1. The Labute approximate surface area is 174 Å². The molecule has 0 spiro atoms. The molecule has 1 aliphatic heterocycles. The van der Waals surface area contributed by atoms with Crippen molar-refractivity contribution in [2.24, 2.45) is 10.9 Å². The van der Waals surface area contributed by atoms with E-state index in [0.29, 0.717) is 5.92 Å². The maximum Gasteiger partial charge on any atom is 0.191 e. The standard InChI is InChI=1S/C17H33N7O.HI/c1-4-16-22-21-14-24(16)10-7-19-17(18-2)20-13-15-5-8-23(9-6-15)11-12-25-3;/h14-15H,4-13H2,1-3H3,(H2,18,19,20);1H. The van der Waals surface area contributed by atoms with Gasteiger partial charge in [0.05, 0.1) is 6.61 Å². The lowest BCUT2D eigenvalue weighted by molar-refractivity contribution is 0.121. The third-order valence-electron chi connectivity index (χ3n) is 4.76. The maximum atomic E-state index is 5.16. The van der Waals surface area contributed by atoms with Gasteiger partial charge in [0.25, 0.3) is 0 Å². The predicted molar refractivity (Wildman–Crippen MR) is 115 cm³/mol. The molecule has 1 aromatic heterocycles. The number of aliphatic imine (C=N–C) groups is 1. The summed E-state index contributed by atoms with van der Waals surface area (Å²) in [5.41, 5.74) is 0. The summed E-state index contributed by atoms with van der Waals surface area (Å²) in [6.07, 6.45) is 5.15. The van der Waals surface area contributed by atoms with Crippen molar-refractivity contribution in [3.63, 3.8) is 0 Å². The van der Waals surface area contributed by atoms with Gasteiger partial charge in [0.15, 0.2) is 5.96 Å². The van der Waals surface area contributed by atoms with Crippen LogP contribution in [0.15, 0.2) is 11.3 Å². The smallest absolute Gasteiger partial charge is 0.191 e. The molecule has 2 heterocycles. The number of hydrogen-bond acceptors (Lipinski definition) is 5. The number of hydrogen-bond donors (Lipinski definition) is 2. The Morgan fingerprint density at radius 1 is 1.31 bits per heavy atom. The van der Waals surface area contributed by atoms with Gasteiger partial charge in [-0.05, 0) is 31.8 Å². The Balaban J connectivity index is 0.00000338. The molecule has 1 aliphatic rings. The highest BCUT2D eigenvalue weighted by Crippen LogP contribution is 2.15. The molecule has 0 bridgehead atoms. The molecular formula is C17H34IN7O. The number of nitrogens with zero attached hydrogens (tertiary/aromatic N) is 5. The molecule has 1 aromatic rings. The SMILES string of the molecule is CCc1nncn1CCNC(=NC)NCC1CCN(CCOC)CC1.I. The number of piperidine rings is 1. The Morgan fingerprint density at radius 3 is 2.73 bits per heavy atom. The second kappa shape index (κ2) is 13.3. The molecule has 9 heteroatoms. The fraction of sp³-hybridized carbons (Fsp3) is 0.824. The number of aromatic nitrogens is 3. The summed E-state index contributed by atoms with van der Waals surface area (Å²) in [6, 6.07) is 0. The molecule has 0 radical (unpaired) electrons. The average Bonchev–Trinajstić information content (AvgIpc) is 3.11. The monoisotopic (exact) mass is 479 g/mol. The van der Waals surface area contributed by atoms with Crippen LogP contribution in [0.1, 0.15) is 25.6 Å². The summed E-state index contributed by atoms with van der Waals surface area (Å²) < 4.78 is 7.24. The minimum absolute atomic E-state index is 0. The van der Waals surface area contributed by atoms with Crippen LogP contribution in [-0.2, 0) is 17.7 Å². The molecule has 150 valence electrons. The number of methoxy groups -OCH3 is 1. The summed E-state index contributed by atoms with van der Waals surface area (Å²) in [4.78, 5) is 6.80. The van der Waals surface area contributed by atoms with Crippen LogP contribution in [0.5, 0.6) is 0 Å². The first-order valence-electron chi connectivity index (χ1n) is 9.29. The van der Waals surface area contributed by atoms with Crippen LogP contribution >= 0.6 is 24.0 Å². The van der Waals surface area contributed by atoms with Crippen molar-refractivity contribution in [2.45, 2.75) is 32.7 Å². The van der Waals surface area contributed by atoms with Crippen LogP contribution in [0.25, 0.3) is 0 Å². The van der Waals surface area contributed by atoms with E-state index >= 15 is 0 Å². The molecule has 0 amide bonds. The number of guanidine groups is 1. The van der Waals surface area contributed by atoms with Gasteiger partial charge in [-0.3, -0.25) is 4.99 Å². The molecule has 0 aromatic carbocycles. The van der Waals surface area contributed by atoms with E-state index in [1.807, 2.05) is 7.05 Å². The Hall–Kier alpha value is -0.940. The molecule has 1 saturated heterocycles. The van der Waals surface area contributed by atoms with Crippen LogP contribution in [0, 0.1) is 5.92 Å². The van der Waals surface area contributed by atoms with Crippen molar-refractivity contribution >= 4 is 29.9 Å². The second-order valence-corrected chi connectivity index (χ2v) is 6.45. The molecule has 0 unspecified atom stereocenters. The van der Waals surface area contributed by atoms with E-state index < -0.39 is 0 Å². The van der Waals surface area contributed by atoms with Crippen molar-refractivity contribution in [1.29, 1.82) is 0 Å². The van der Waals surface area contributed by atoms with Gasteiger partial charge in [0.2, 0.25) is 0 Å². The number of halogens is 1. The van der Waals surface area contributed by atoms with Crippen molar-refractivity contribution in [3.8, 4) is 0 Å². The Kier molecular flexibility index (Phi) is 11.8. The van der Waals surface area contributed by atoms with Crippen LogP contribution in [0.3, 0.4) is 0 Å². The summed E-state index contributed by atoms with van der Waals surface area (Å²) in [5, 5.41) is 14.9. The number of nitrogens with one attached hydrogen (secondary N) is 2. The first-order valence-corrected chi connectivity index (χ1v) is 9.29. The highest BCUT2D eigenvalue weighted by atomic mass is 127. The Morgan fingerprint density at radius 2 is 2.08 bits per heavy atom. The van der Waals surface area contributed by atoms with Crippen LogP contribution in [0.4, 0.5) is 0 Å². The van der Waals surface area contributed by atoms with E-state index in [1.54, 1.807) is 13.4 Å². The van der Waals surface area contributed by atoms with Gasteiger partial charge >= 0.3 is 0 Å². The van der Waals surface area contributed by atoms with E-state index in [-0.39, 0.29) is 24.0 Å². The summed E-state index contributed by atoms with van der Waals surface area (Å²) in [7, 11) is 3.58. The van der Waals surface area contributed by atoms with Gasteiger partial charge in [0.1, 0.15) is 12.2 Å². The lowest BCUT2D eigenvalue weighted by atomic mass is 9.97. The van der Waals surface area contributed by atoms with Gasteiger partial charge in [-0.1, -0.05) is 6.92 Å². The fourth-order valence-corrected chi connectivity index (χ4v) is 3.13. The van der Waals surface area contributed by atoms with Crippen LogP contribution in [0.2, 0.25) is 0 Å². The number of ether oxygens (including phenoxy) is 1. The molecular weight excluding hydrogens is 445 g/mol. The van der Waals surface area contributed by atoms with Crippen LogP contribution < -0.4 is 10.6 Å². The normalized spacial score (nSPS) is 16.3. The van der Waals surface area contributed by atoms with Crippen molar-refractivity contribution < 1.29 is 4.74 Å². The Bertz CT molecular complexity index is 515. The van der Waals surface area contributed by atoms with E-state index in [4.69, 9.17) is 4.74 Å². The van der Waals surface area contributed by atoms with E-state index in [0.717, 1.165) is 64.1 Å². The number of likely N-dealkylation sites (tertiary alicyclic amines) is 1. The van der Waals surface area contributed by atoms with E-state index in [2.05, 4.69) is 42.2 Å². The number of rotatable bonds is 9. The second-order valence-electron chi connectivity index (χ2n) is 6.45. The zero-order valence-electron chi connectivity index (χ0n) is 16.3. The first kappa shape index (κ1) is 23.1. The highest BCUT2D eigenvalue weighted by Gasteiger charge is 2.18. The molecule has 8 nitrogen and oxygen atoms in total. The van der Waals surface area contributed by atoms with Crippen molar-refractivity contribution in [1.82, 2.24) is 30.3 Å². The third-order valence-corrected chi connectivity index (χ3v) is 4.76. The first-order chi connectivity index (χ1) is 12.3. The molecule has 2 N–H and O–H groups in total. The third kappa shape index (κ3) is 7.75. The topological polar surface area (TPSA) is 79.6 Å². The molecule has 1 fully saturated rings. The van der Waals surface area contributed by atoms with Gasteiger partial charge < -0.3 is 24.8 Å². The quantitative estimate of drug-likeness (QED) is 0.313. The van der Waals surface area contributed by atoms with Gasteiger partial charge in [0, 0.05) is 46.8 Å². The lowest BCUT2D eigenvalue weighted by Gasteiger charge is -2.32. The molecule has 2 rings (SSSR count). The highest BCUT2D eigenvalue weighted by molar-refractivity contribution is 14.0. The summed E-state index contributed by atoms with van der Waals surface area (Å²) in [6.45, 7) is 8.91. The molecule has 0 saturated carbocycles. The van der Waals surface area contributed by atoms with E-state index in [1.165, 1.54) is 12.8 Å². The van der Waals surface area contributed by atoms with Crippen molar-refractivity contribution in [3.05, 3.63) is 12.2 Å². The van der Waals surface area contributed by atoms with Gasteiger partial charge in [-0.25, -0.2) is 0 Å². The largest absolute Gasteiger partial charge is 0.383 e. The fourth-order valence-electron chi connectivity index (χ4n) is 3.13. The van der Waals surface area contributed by atoms with Gasteiger partial charge in [-0.15, -0.1) is 34.2 Å². The summed E-state index contributed by atoms with van der Waals surface area (Å²) >= 11 is 0. The van der Waals surface area contributed by atoms with Crippen molar-refractivity contribution in [2.75, 3.05) is 53.5 Å². The maximum absolute atomic E-state index is 5.16. The zero-order valence-corrected chi connectivity index (χ0v) is 18.6. The predicted octanol–water partition coefficient (Wildman–Crippen LogP) is 0.982. The average molecular weight is 479 g/mol. The minimum Gasteiger partial charge on any atom is -0.383 e. The van der Waals surface area contributed by atoms with Crippen LogP contribution in [-0.4, -0.2) is 79.1 Å². The molecule has 0 atom stereocenters. The lowest BCUT2D eigenvalue weighted by Crippen LogP contribution is -2.44. The van der Waals surface area contributed by atoms with Gasteiger partial charge in [-0.2, -0.15) is 0 Å². The summed E-state index contributed by atoms with van der Waals surface area (Å²) in [5.74, 6) is 2.60. The zero-order chi connectivity index (χ0) is 17.9. The van der Waals surface area contributed by atoms with E-state index in [9.17, 15) is 0 Å².